The molecule has 0 saturated carbocycles. The average molecular weight is 306 g/mol. The number of aryl methyl sites for hydroxylation is 1. The zero-order valence-electron chi connectivity index (χ0n) is 10.8. The normalized spacial score (nSPS) is 10.2. The largest absolute Gasteiger partial charge is 0.283 e. The van der Waals surface area contributed by atoms with Gasteiger partial charge in [-0.3, -0.25) is 10.1 Å². The maximum absolute atomic E-state index is 13.6. The molecule has 0 fully saturated rings. The Hall–Kier alpha value is -2.46. The predicted molar refractivity (Wildman–Crippen MR) is 73.0 cm³/mol. The lowest BCUT2D eigenvalue weighted by molar-refractivity contribution is -0.387. The number of nitriles is 1. The van der Waals surface area contributed by atoms with E-state index < -0.39 is 16.6 Å². The fraction of sp³-hybridized carbons (Fsp3) is 0.0714. The molecule has 7 heteroatoms. The second-order valence-electron chi connectivity index (χ2n) is 4.18. The highest BCUT2D eigenvalue weighted by Crippen LogP contribution is 2.37. The van der Waals surface area contributed by atoms with E-state index >= 15 is 0 Å². The Morgan fingerprint density at radius 2 is 1.95 bits per heavy atom. The topological polar surface area (TPSA) is 66.9 Å². The molecule has 0 aliphatic heterocycles. The number of nitro benzene ring substituents is 1. The van der Waals surface area contributed by atoms with E-state index in [0.717, 1.165) is 17.8 Å². The molecule has 4 nitrogen and oxygen atoms in total. The summed E-state index contributed by atoms with van der Waals surface area (Å²) in [7, 11) is 0. The van der Waals surface area contributed by atoms with Crippen molar-refractivity contribution in [3.05, 3.63) is 63.2 Å². The summed E-state index contributed by atoms with van der Waals surface area (Å²) in [5.74, 6) is -1.54. The lowest BCUT2D eigenvalue weighted by atomic mass is 10.1. The number of nitro groups is 1. The van der Waals surface area contributed by atoms with Gasteiger partial charge in [0.05, 0.1) is 21.5 Å². The summed E-state index contributed by atoms with van der Waals surface area (Å²) in [5, 5.41) is 20.0. The Balaban J connectivity index is 2.52. The third kappa shape index (κ3) is 3.17. The van der Waals surface area contributed by atoms with Crippen LogP contribution in [0.3, 0.4) is 0 Å². The predicted octanol–water partition coefficient (Wildman–Crippen LogP) is 4.20. The van der Waals surface area contributed by atoms with Crippen molar-refractivity contribution in [3.8, 4) is 6.07 Å². The van der Waals surface area contributed by atoms with Gasteiger partial charge in [-0.15, -0.1) is 0 Å². The molecule has 106 valence electrons. The number of rotatable bonds is 3. The summed E-state index contributed by atoms with van der Waals surface area (Å²) in [6, 6.07) is 7.49. The van der Waals surface area contributed by atoms with Gasteiger partial charge in [0.15, 0.2) is 0 Å². The van der Waals surface area contributed by atoms with Gasteiger partial charge in [0.1, 0.15) is 11.6 Å². The van der Waals surface area contributed by atoms with E-state index in [1.54, 1.807) is 6.92 Å². The Morgan fingerprint density at radius 3 is 2.52 bits per heavy atom. The van der Waals surface area contributed by atoms with Crippen LogP contribution in [0.25, 0.3) is 0 Å². The monoisotopic (exact) mass is 306 g/mol. The summed E-state index contributed by atoms with van der Waals surface area (Å²) in [6.45, 7) is 1.58. The first-order chi connectivity index (χ1) is 9.92. The standard InChI is InChI=1S/C14H8F2N2O2S/c1-8-4-12(18(19)20)14(5-9(8)7-17)21-13-3-2-10(15)6-11(13)16/h2-6H,1H3. The second-order valence-corrected chi connectivity index (χ2v) is 5.26. The highest BCUT2D eigenvalue weighted by atomic mass is 32.2. The fourth-order valence-electron chi connectivity index (χ4n) is 1.69. The minimum atomic E-state index is -0.812. The van der Waals surface area contributed by atoms with Crippen LogP contribution >= 0.6 is 11.8 Å². The van der Waals surface area contributed by atoms with Gasteiger partial charge < -0.3 is 0 Å². The Kier molecular flexibility index (Phi) is 4.19. The van der Waals surface area contributed by atoms with Crippen LogP contribution in [0.2, 0.25) is 0 Å². The summed E-state index contributed by atoms with van der Waals surface area (Å²) in [6.07, 6.45) is 0. The van der Waals surface area contributed by atoms with E-state index in [9.17, 15) is 18.9 Å². The smallest absolute Gasteiger partial charge is 0.258 e. The van der Waals surface area contributed by atoms with Crippen LogP contribution in [0, 0.1) is 40.0 Å². The lowest BCUT2D eigenvalue weighted by Crippen LogP contribution is -1.95. The molecule has 2 rings (SSSR count). The van der Waals surface area contributed by atoms with Crippen LogP contribution in [0.15, 0.2) is 40.1 Å². The molecular weight excluding hydrogens is 298 g/mol. The lowest BCUT2D eigenvalue weighted by Gasteiger charge is -2.06. The molecule has 0 aromatic heterocycles. The van der Waals surface area contributed by atoms with E-state index in [-0.39, 0.29) is 21.0 Å². The molecule has 0 heterocycles. The SMILES string of the molecule is Cc1cc([N+](=O)[O-])c(Sc2ccc(F)cc2F)cc1C#N. The quantitative estimate of drug-likeness (QED) is 0.629. The third-order valence-electron chi connectivity index (χ3n) is 2.74. The summed E-state index contributed by atoms with van der Waals surface area (Å²) in [5.41, 5.74) is 0.513. The van der Waals surface area contributed by atoms with Crippen molar-refractivity contribution in [2.45, 2.75) is 16.7 Å². The molecule has 0 saturated heterocycles. The van der Waals surface area contributed by atoms with Crippen molar-refractivity contribution < 1.29 is 13.7 Å². The zero-order valence-corrected chi connectivity index (χ0v) is 11.6. The van der Waals surface area contributed by atoms with Gasteiger partial charge in [-0.25, -0.2) is 8.78 Å². The highest BCUT2D eigenvalue weighted by Gasteiger charge is 2.19. The van der Waals surface area contributed by atoms with Gasteiger partial charge >= 0.3 is 0 Å². The van der Waals surface area contributed by atoms with Crippen molar-refractivity contribution in [3.63, 3.8) is 0 Å². The first kappa shape index (κ1) is 14.9. The second kappa shape index (κ2) is 5.89. The Labute approximate surface area is 123 Å². The Morgan fingerprint density at radius 1 is 1.24 bits per heavy atom. The maximum atomic E-state index is 13.6. The van der Waals surface area contributed by atoms with Crippen LogP contribution in [-0.4, -0.2) is 4.92 Å². The molecule has 0 radical (unpaired) electrons. The van der Waals surface area contributed by atoms with Crippen molar-refractivity contribution in [1.29, 1.82) is 5.26 Å². The molecule has 0 bridgehead atoms. The third-order valence-corrected chi connectivity index (χ3v) is 3.83. The van der Waals surface area contributed by atoms with Gasteiger partial charge in [0.2, 0.25) is 0 Å². The minimum Gasteiger partial charge on any atom is -0.258 e. The molecule has 21 heavy (non-hydrogen) atoms. The van der Waals surface area contributed by atoms with Crippen LogP contribution in [0.5, 0.6) is 0 Å². The molecule has 0 aliphatic rings. The fourth-order valence-corrected chi connectivity index (χ4v) is 2.64. The number of hydrogen-bond donors (Lipinski definition) is 0. The average Bonchev–Trinajstić information content (AvgIpc) is 2.42. The van der Waals surface area contributed by atoms with Crippen molar-refractivity contribution in [1.82, 2.24) is 0 Å². The van der Waals surface area contributed by atoms with Crippen LogP contribution in [0.4, 0.5) is 14.5 Å². The van der Waals surface area contributed by atoms with Crippen molar-refractivity contribution in [2.75, 3.05) is 0 Å². The van der Waals surface area contributed by atoms with Crippen molar-refractivity contribution in [2.24, 2.45) is 0 Å². The van der Waals surface area contributed by atoms with E-state index in [4.69, 9.17) is 5.26 Å². The molecule has 0 amide bonds. The van der Waals surface area contributed by atoms with Gasteiger partial charge in [0.25, 0.3) is 5.69 Å². The minimum absolute atomic E-state index is 0.0484. The first-order valence-electron chi connectivity index (χ1n) is 5.74. The first-order valence-corrected chi connectivity index (χ1v) is 6.56. The van der Waals surface area contributed by atoms with Crippen LogP contribution in [0.1, 0.15) is 11.1 Å². The summed E-state index contributed by atoms with van der Waals surface area (Å²) in [4.78, 5) is 10.6. The molecule has 0 N–H and O–H groups in total. The van der Waals surface area contributed by atoms with Gasteiger partial charge in [-0.1, -0.05) is 11.8 Å². The van der Waals surface area contributed by atoms with Crippen molar-refractivity contribution >= 4 is 17.4 Å². The van der Waals surface area contributed by atoms with Gasteiger partial charge in [0, 0.05) is 17.0 Å². The maximum Gasteiger partial charge on any atom is 0.283 e. The molecule has 0 atom stereocenters. The van der Waals surface area contributed by atoms with Gasteiger partial charge in [-0.2, -0.15) is 5.26 Å². The molecule has 0 aliphatic carbocycles. The van der Waals surface area contributed by atoms with E-state index in [2.05, 4.69) is 0 Å². The van der Waals surface area contributed by atoms with Gasteiger partial charge in [-0.05, 0) is 30.7 Å². The van der Waals surface area contributed by atoms with Crippen LogP contribution in [-0.2, 0) is 0 Å². The molecular formula is C14H8F2N2O2S. The summed E-state index contributed by atoms with van der Waals surface area (Å²) < 4.78 is 26.5. The summed E-state index contributed by atoms with van der Waals surface area (Å²) >= 11 is 0.782. The number of hydrogen-bond acceptors (Lipinski definition) is 4. The Bertz CT molecular complexity index is 772. The highest BCUT2D eigenvalue weighted by molar-refractivity contribution is 7.99. The molecule has 2 aromatic rings. The number of benzene rings is 2. The molecule has 0 spiro atoms. The van der Waals surface area contributed by atoms with E-state index in [1.807, 2.05) is 6.07 Å². The van der Waals surface area contributed by atoms with Crippen LogP contribution < -0.4 is 0 Å². The number of nitrogens with zero attached hydrogens (tertiary/aromatic N) is 2. The zero-order chi connectivity index (χ0) is 15.6. The van der Waals surface area contributed by atoms with E-state index in [0.29, 0.717) is 11.6 Å². The molecule has 0 unspecified atom stereocenters. The molecule has 2 aromatic carbocycles. The van der Waals surface area contributed by atoms with E-state index in [1.165, 1.54) is 18.2 Å². The number of halogens is 2.